The summed E-state index contributed by atoms with van der Waals surface area (Å²) in [7, 11) is 0. The first-order chi connectivity index (χ1) is 17.2. The lowest BCUT2D eigenvalue weighted by molar-refractivity contribution is -0.0685. The van der Waals surface area contributed by atoms with Crippen LogP contribution in [-0.4, -0.2) is 12.2 Å². The van der Waals surface area contributed by atoms with Crippen LogP contribution in [0.3, 0.4) is 0 Å². The van der Waals surface area contributed by atoms with E-state index >= 15 is 0 Å². The molecule has 0 saturated heterocycles. The van der Waals surface area contributed by atoms with Gasteiger partial charge in [-0.1, -0.05) is 120 Å². The maximum absolute atomic E-state index is 10.1. The summed E-state index contributed by atoms with van der Waals surface area (Å²) >= 11 is 0. The van der Waals surface area contributed by atoms with Crippen LogP contribution in [0, 0.1) is 22.7 Å². The Balaban J connectivity index is 1.62. The van der Waals surface area contributed by atoms with Gasteiger partial charge in [0, 0.05) is 6.61 Å². The highest BCUT2D eigenvalue weighted by molar-refractivity contribution is 5.75. The van der Waals surface area contributed by atoms with E-state index in [1.165, 1.54) is 68.9 Å². The molecule has 0 aromatic heterocycles. The van der Waals surface area contributed by atoms with Gasteiger partial charge >= 0.3 is 0 Å². The van der Waals surface area contributed by atoms with Gasteiger partial charge in [0.15, 0.2) is 0 Å². The van der Waals surface area contributed by atoms with Gasteiger partial charge in [0.1, 0.15) is 0 Å². The maximum Gasteiger partial charge on any atom is 0.0928 e. The SMILES string of the molecule is CCCCCCCOC1(C2CCC(C#N)(CCCCCCC)CC2)C=CC(c2ccccc2)=CC1. The van der Waals surface area contributed by atoms with Crippen molar-refractivity contribution >= 4 is 5.57 Å². The van der Waals surface area contributed by atoms with Gasteiger partial charge in [-0.25, -0.2) is 0 Å². The third-order valence-electron chi connectivity index (χ3n) is 8.54. The zero-order valence-corrected chi connectivity index (χ0v) is 22.6. The Labute approximate surface area is 215 Å². The molecule has 0 bridgehead atoms. The average molecular weight is 476 g/mol. The molecule has 35 heavy (non-hydrogen) atoms. The summed E-state index contributed by atoms with van der Waals surface area (Å²) in [6.45, 7) is 5.38. The van der Waals surface area contributed by atoms with Crippen LogP contribution in [0.5, 0.6) is 0 Å². The number of benzene rings is 1. The maximum atomic E-state index is 10.1. The summed E-state index contributed by atoms with van der Waals surface area (Å²) in [4.78, 5) is 0. The van der Waals surface area contributed by atoms with Crippen LogP contribution < -0.4 is 0 Å². The number of unbranched alkanes of at least 4 members (excludes halogenated alkanes) is 8. The molecule has 0 aliphatic heterocycles. The van der Waals surface area contributed by atoms with Crippen molar-refractivity contribution in [2.75, 3.05) is 6.61 Å². The molecular weight excluding hydrogens is 426 g/mol. The van der Waals surface area contributed by atoms with Gasteiger partial charge in [0.25, 0.3) is 0 Å². The molecule has 0 N–H and O–H groups in total. The highest BCUT2D eigenvalue weighted by Gasteiger charge is 2.44. The van der Waals surface area contributed by atoms with E-state index in [-0.39, 0.29) is 11.0 Å². The predicted octanol–water partition coefficient (Wildman–Crippen LogP) is 9.82. The molecule has 1 unspecified atom stereocenters. The van der Waals surface area contributed by atoms with Crippen molar-refractivity contribution in [1.29, 1.82) is 5.26 Å². The molecule has 1 atom stereocenters. The lowest BCUT2D eigenvalue weighted by Gasteiger charge is -2.45. The second kappa shape index (κ2) is 14.6. The van der Waals surface area contributed by atoms with Crippen molar-refractivity contribution in [3.05, 3.63) is 54.1 Å². The summed E-state index contributed by atoms with van der Waals surface area (Å²) < 4.78 is 6.79. The number of allylic oxidation sites excluding steroid dienone is 2. The fraction of sp³-hybridized carbons (Fsp3) is 0.667. The molecule has 0 heterocycles. The Morgan fingerprint density at radius 3 is 2.14 bits per heavy atom. The summed E-state index contributed by atoms with van der Waals surface area (Å²) in [5.41, 5.74) is 2.29. The van der Waals surface area contributed by atoms with Crippen LogP contribution in [-0.2, 0) is 4.74 Å². The largest absolute Gasteiger partial charge is 0.370 e. The fourth-order valence-corrected chi connectivity index (χ4v) is 6.12. The number of hydrogen-bond donors (Lipinski definition) is 0. The number of ether oxygens (including phenoxy) is 1. The Hall–Kier alpha value is -1.85. The molecule has 1 aromatic carbocycles. The van der Waals surface area contributed by atoms with Gasteiger partial charge in [-0.05, 0) is 62.0 Å². The second-order valence-electron chi connectivity index (χ2n) is 11.1. The average Bonchev–Trinajstić information content (AvgIpc) is 2.92. The van der Waals surface area contributed by atoms with Gasteiger partial charge in [0.05, 0.1) is 17.1 Å². The van der Waals surface area contributed by atoms with Crippen LogP contribution >= 0.6 is 0 Å². The highest BCUT2D eigenvalue weighted by atomic mass is 16.5. The Kier molecular flexibility index (Phi) is 11.6. The standard InChI is InChI=1S/C33H49NO/c1-3-5-7-9-14-22-32(28-34)23-20-31(21-24-32)33(35-27-15-10-8-6-4-2)25-18-30(19-26-33)29-16-12-11-13-17-29/h11-13,16-19,25,31H,3-10,14-15,20-24,26-27H2,1-2H3. The van der Waals surface area contributed by atoms with Crippen molar-refractivity contribution < 1.29 is 4.74 Å². The lowest BCUT2D eigenvalue weighted by Crippen LogP contribution is -2.43. The molecule has 2 aliphatic rings. The minimum Gasteiger partial charge on any atom is -0.370 e. The number of rotatable bonds is 15. The molecule has 2 aliphatic carbocycles. The minimum atomic E-state index is -0.203. The zero-order chi connectivity index (χ0) is 24.8. The first-order valence-electron chi connectivity index (χ1n) is 14.7. The first kappa shape index (κ1) is 27.7. The summed E-state index contributed by atoms with van der Waals surface area (Å²) in [5, 5.41) is 10.1. The molecule has 0 spiro atoms. The Morgan fingerprint density at radius 2 is 1.54 bits per heavy atom. The Bertz CT molecular complexity index is 824. The van der Waals surface area contributed by atoms with Crippen LogP contribution in [0.15, 0.2) is 48.6 Å². The van der Waals surface area contributed by atoms with Crippen LogP contribution in [0.4, 0.5) is 0 Å². The molecule has 2 heteroatoms. The van der Waals surface area contributed by atoms with Gasteiger partial charge in [-0.2, -0.15) is 5.26 Å². The van der Waals surface area contributed by atoms with Crippen molar-refractivity contribution in [2.45, 2.75) is 122 Å². The van der Waals surface area contributed by atoms with E-state index in [1.807, 2.05) is 0 Å². The zero-order valence-electron chi connectivity index (χ0n) is 22.6. The van der Waals surface area contributed by atoms with E-state index in [0.717, 1.165) is 51.6 Å². The normalized spacial score (nSPS) is 26.3. The molecule has 1 fully saturated rings. The monoisotopic (exact) mass is 475 g/mol. The van der Waals surface area contributed by atoms with Crippen molar-refractivity contribution in [3.8, 4) is 6.07 Å². The van der Waals surface area contributed by atoms with Crippen LogP contribution in [0.2, 0.25) is 0 Å². The van der Waals surface area contributed by atoms with E-state index in [4.69, 9.17) is 4.74 Å². The van der Waals surface area contributed by atoms with Gasteiger partial charge < -0.3 is 4.74 Å². The van der Waals surface area contributed by atoms with Crippen molar-refractivity contribution in [2.24, 2.45) is 11.3 Å². The lowest BCUT2D eigenvalue weighted by atomic mass is 9.63. The molecule has 1 aromatic rings. The second-order valence-corrected chi connectivity index (χ2v) is 11.1. The summed E-state index contributed by atoms with van der Waals surface area (Å²) in [5.74, 6) is 0.504. The van der Waals surface area contributed by atoms with E-state index in [0.29, 0.717) is 5.92 Å². The quantitative estimate of drug-likeness (QED) is 0.236. The number of hydrogen-bond acceptors (Lipinski definition) is 2. The molecule has 0 amide bonds. The van der Waals surface area contributed by atoms with Crippen molar-refractivity contribution in [3.63, 3.8) is 0 Å². The third kappa shape index (κ3) is 8.08. The molecule has 2 nitrogen and oxygen atoms in total. The number of nitrogens with zero attached hydrogens (tertiary/aromatic N) is 1. The van der Waals surface area contributed by atoms with E-state index in [2.05, 4.69) is 68.5 Å². The topological polar surface area (TPSA) is 33.0 Å². The van der Waals surface area contributed by atoms with Gasteiger partial charge in [-0.15, -0.1) is 0 Å². The van der Waals surface area contributed by atoms with Gasteiger partial charge in [0.2, 0.25) is 0 Å². The van der Waals surface area contributed by atoms with E-state index < -0.39 is 0 Å². The van der Waals surface area contributed by atoms with Gasteiger partial charge in [-0.3, -0.25) is 0 Å². The third-order valence-corrected chi connectivity index (χ3v) is 8.54. The van der Waals surface area contributed by atoms with E-state index in [1.54, 1.807) is 0 Å². The summed E-state index contributed by atoms with van der Waals surface area (Å²) in [6, 6.07) is 13.5. The molecule has 1 saturated carbocycles. The van der Waals surface area contributed by atoms with E-state index in [9.17, 15) is 5.26 Å². The van der Waals surface area contributed by atoms with Crippen LogP contribution in [0.25, 0.3) is 5.57 Å². The highest BCUT2D eigenvalue weighted by Crippen LogP contribution is 2.49. The smallest absolute Gasteiger partial charge is 0.0928 e. The minimum absolute atomic E-state index is 0.104. The summed E-state index contributed by atoms with van der Waals surface area (Å²) in [6.07, 6.45) is 26.1. The van der Waals surface area contributed by atoms with Crippen molar-refractivity contribution in [1.82, 2.24) is 0 Å². The molecule has 3 rings (SSSR count). The molecular formula is C33H49NO. The predicted molar refractivity (Wildman–Crippen MR) is 149 cm³/mol. The molecule has 192 valence electrons. The fourth-order valence-electron chi connectivity index (χ4n) is 6.12. The van der Waals surface area contributed by atoms with Crippen LogP contribution in [0.1, 0.15) is 122 Å². The first-order valence-corrected chi connectivity index (χ1v) is 14.7. The molecule has 0 radical (unpaired) electrons. The Morgan fingerprint density at radius 1 is 0.886 bits per heavy atom. The number of nitriles is 1.